The Morgan fingerprint density at radius 2 is 1.87 bits per heavy atom. The Labute approximate surface area is 229 Å². The fourth-order valence-corrected chi connectivity index (χ4v) is 6.14. The second kappa shape index (κ2) is 12.4. The predicted molar refractivity (Wildman–Crippen MR) is 144 cm³/mol. The Bertz CT molecular complexity index is 1220. The minimum atomic E-state index is -4.33. The van der Waals surface area contributed by atoms with E-state index in [1.54, 1.807) is 25.3 Å². The van der Waals surface area contributed by atoms with Crippen LogP contribution >= 0.6 is 23.4 Å². The van der Waals surface area contributed by atoms with Gasteiger partial charge < -0.3 is 14.7 Å². The number of ether oxygens (including phenoxy) is 1. The maximum absolute atomic E-state index is 15.6. The van der Waals surface area contributed by atoms with Crippen molar-refractivity contribution in [1.29, 1.82) is 0 Å². The lowest BCUT2D eigenvalue weighted by molar-refractivity contribution is -0.137. The normalized spacial score (nSPS) is 17.0. The van der Waals surface area contributed by atoms with Crippen LogP contribution in [-0.2, 0) is 6.18 Å². The number of rotatable bonds is 10. The Morgan fingerprint density at radius 3 is 2.50 bits per heavy atom. The first-order chi connectivity index (χ1) is 18.1. The van der Waals surface area contributed by atoms with E-state index in [0.29, 0.717) is 28.6 Å². The molecule has 1 saturated heterocycles. The molecule has 1 aliphatic rings. The lowest BCUT2D eigenvalue weighted by atomic mass is 9.74. The van der Waals surface area contributed by atoms with Crippen molar-refractivity contribution >= 4 is 34.3 Å². The highest BCUT2D eigenvalue weighted by Crippen LogP contribution is 2.42. The summed E-state index contributed by atoms with van der Waals surface area (Å²) < 4.78 is 59.1. The lowest BCUT2D eigenvalue weighted by Gasteiger charge is -2.41. The molecule has 4 nitrogen and oxygen atoms in total. The molecule has 1 atom stereocenters. The molecule has 10 heteroatoms. The van der Waals surface area contributed by atoms with Crippen LogP contribution in [0.15, 0.2) is 53.6 Å². The average Bonchev–Trinajstić information content (AvgIpc) is 2.92. The second-order valence-corrected chi connectivity index (χ2v) is 11.4. The summed E-state index contributed by atoms with van der Waals surface area (Å²) in [6.07, 6.45) is -1.89. The first-order valence-electron chi connectivity index (χ1n) is 12.5. The Kier molecular flexibility index (Phi) is 9.44. The molecule has 1 N–H and O–H groups in total. The molecule has 3 aromatic rings. The number of thioether (sulfide) groups is 1. The number of aliphatic hydroxyl groups is 1. The van der Waals surface area contributed by atoms with Crippen molar-refractivity contribution in [3.63, 3.8) is 0 Å². The molecule has 1 aliphatic heterocycles. The third-order valence-electron chi connectivity index (χ3n) is 7.42. The van der Waals surface area contributed by atoms with Gasteiger partial charge in [-0.3, -0.25) is 4.98 Å². The van der Waals surface area contributed by atoms with Crippen molar-refractivity contribution in [2.24, 2.45) is 5.41 Å². The Hall–Kier alpha value is -2.07. The molecule has 2 heterocycles. The third kappa shape index (κ3) is 6.92. The monoisotopic (exact) mass is 570 g/mol. The topological polar surface area (TPSA) is 45.6 Å². The fraction of sp³-hybridized carbons (Fsp3) is 0.464. The van der Waals surface area contributed by atoms with Gasteiger partial charge >= 0.3 is 6.18 Å². The van der Waals surface area contributed by atoms with Crippen LogP contribution in [-0.4, -0.2) is 54.1 Å². The van der Waals surface area contributed by atoms with Gasteiger partial charge in [-0.05, 0) is 86.7 Å². The third-order valence-corrected chi connectivity index (χ3v) is 8.71. The van der Waals surface area contributed by atoms with Crippen LogP contribution in [0.25, 0.3) is 10.9 Å². The summed E-state index contributed by atoms with van der Waals surface area (Å²) in [4.78, 5) is 7.39. The number of aromatic nitrogens is 1. The van der Waals surface area contributed by atoms with E-state index < -0.39 is 17.9 Å². The molecule has 0 aliphatic carbocycles. The van der Waals surface area contributed by atoms with Crippen LogP contribution in [0.1, 0.15) is 43.0 Å². The minimum absolute atomic E-state index is 0.00743. The predicted octanol–water partition coefficient (Wildman–Crippen LogP) is 7.57. The zero-order valence-corrected chi connectivity index (χ0v) is 22.7. The van der Waals surface area contributed by atoms with Crippen LogP contribution in [0.2, 0.25) is 5.02 Å². The van der Waals surface area contributed by atoms with Crippen molar-refractivity contribution in [3.8, 4) is 5.75 Å². The number of nitrogens with zero attached hydrogens (tertiary/aromatic N) is 2. The van der Waals surface area contributed by atoms with Gasteiger partial charge in [-0.1, -0.05) is 11.6 Å². The molecular weight excluding hydrogens is 540 g/mol. The van der Waals surface area contributed by atoms with E-state index >= 15 is 4.39 Å². The maximum Gasteiger partial charge on any atom is 0.416 e. The molecular formula is C28H31ClF4N2O2S. The Balaban J connectivity index is 1.30. The molecule has 0 radical (unpaired) electrons. The number of methoxy groups -OCH3 is 1. The molecule has 0 saturated carbocycles. The van der Waals surface area contributed by atoms with Crippen LogP contribution in [0, 0.1) is 5.41 Å². The van der Waals surface area contributed by atoms with Crippen molar-refractivity contribution in [2.45, 2.75) is 42.9 Å². The van der Waals surface area contributed by atoms with E-state index in [0.717, 1.165) is 55.3 Å². The molecule has 0 bridgehead atoms. The van der Waals surface area contributed by atoms with E-state index in [9.17, 15) is 18.3 Å². The number of hydrogen-bond donors (Lipinski definition) is 1. The summed E-state index contributed by atoms with van der Waals surface area (Å²) in [5, 5.41) is 11.1. The van der Waals surface area contributed by atoms with Gasteiger partial charge in [0, 0.05) is 40.9 Å². The number of benzene rings is 2. The molecule has 206 valence electrons. The highest BCUT2D eigenvalue weighted by molar-refractivity contribution is 7.99. The summed E-state index contributed by atoms with van der Waals surface area (Å²) in [6, 6.07) is 10.5. The van der Waals surface area contributed by atoms with E-state index in [1.807, 2.05) is 0 Å². The summed E-state index contributed by atoms with van der Waals surface area (Å²) in [5.74, 6) is 1.35. The number of likely N-dealkylation sites (tertiary alicyclic amines) is 1. The molecule has 0 amide bonds. The molecule has 1 fully saturated rings. The van der Waals surface area contributed by atoms with Gasteiger partial charge in [0.2, 0.25) is 0 Å². The average molecular weight is 571 g/mol. The summed E-state index contributed by atoms with van der Waals surface area (Å²) >= 11 is 7.89. The van der Waals surface area contributed by atoms with Gasteiger partial charge in [-0.25, -0.2) is 4.39 Å². The van der Waals surface area contributed by atoms with Crippen LogP contribution < -0.4 is 4.74 Å². The summed E-state index contributed by atoms with van der Waals surface area (Å²) in [5.41, 5.74) is 0.0513. The first-order valence-corrected chi connectivity index (χ1v) is 13.9. The van der Waals surface area contributed by atoms with Gasteiger partial charge in [0.1, 0.15) is 11.9 Å². The van der Waals surface area contributed by atoms with Gasteiger partial charge in [0.25, 0.3) is 0 Å². The number of halogens is 5. The number of aliphatic hydroxyl groups excluding tert-OH is 1. The molecule has 4 rings (SSSR count). The van der Waals surface area contributed by atoms with Crippen molar-refractivity contribution in [3.05, 3.63) is 64.8 Å². The molecule has 0 spiro atoms. The number of alkyl halides is 4. The highest BCUT2D eigenvalue weighted by atomic mass is 35.5. The van der Waals surface area contributed by atoms with E-state index in [4.69, 9.17) is 16.3 Å². The standard InChI is InChI=1S/C28H31ClF4N2O2S/c1-37-20-4-7-25-22(16-20)26(23(29)17-34-25)24(30)8-9-27(18-36)10-12-35(13-11-27)14-15-38-21-5-2-19(3-6-21)28(31,32)33/h2-7,16-17,24,36H,8-15,18H2,1H3/t24-/m1/s1. The molecule has 0 unspecified atom stereocenters. The smallest absolute Gasteiger partial charge is 0.416 e. The number of fused-ring (bicyclic) bond motifs is 1. The van der Waals surface area contributed by atoms with E-state index in [-0.39, 0.29) is 23.5 Å². The lowest BCUT2D eigenvalue weighted by Crippen LogP contribution is -2.42. The largest absolute Gasteiger partial charge is 0.497 e. The first kappa shape index (κ1) is 28.9. The molecule has 2 aromatic carbocycles. The van der Waals surface area contributed by atoms with Gasteiger partial charge in [-0.15, -0.1) is 11.8 Å². The SMILES string of the molecule is COc1ccc2ncc(Cl)c([C@H](F)CCC3(CO)CCN(CCSc4ccc(C(F)(F)F)cc4)CC3)c2c1. The van der Waals surface area contributed by atoms with Crippen molar-refractivity contribution < 1.29 is 27.4 Å². The highest BCUT2D eigenvalue weighted by Gasteiger charge is 2.35. The van der Waals surface area contributed by atoms with Crippen LogP contribution in [0.5, 0.6) is 5.75 Å². The summed E-state index contributed by atoms with van der Waals surface area (Å²) in [6.45, 7) is 2.34. The zero-order chi connectivity index (χ0) is 27.3. The number of pyridine rings is 1. The second-order valence-electron chi connectivity index (χ2n) is 9.78. The number of hydrogen-bond acceptors (Lipinski definition) is 5. The van der Waals surface area contributed by atoms with Gasteiger partial charge in [-0.2, -0.15) is 13.2 Å². The summed E-state index contributed by atoms with van der Waals surface area (Å²) in [7, 11) is 1.55. The fourth-order valence-electron chi connectivity index (χ4n) is 4.96. The zero-order valence-electron chi connectivity index (χ0n) is 21.1. The quantitative estimate of drug-likeness (QED) is 0.201. The van der Waals surface area contributed by atoms with Crippen molar-refractivity contribution in [1.82, 2.24) is 9.88 Å². The van der Waals surface area contributed by atoms with Gasteiger partial charge in [0.15, 0.2) is 0 Å². The van der Waals surface area contributed by atoms with E-state index in [2.05, 4.69) is 9.88 Å². The van der Waals surface area contributed by atoms with Crippen LogP contribution in [0.3, 0.4) is 0 Å². The molecule has 1 aromatic heterocycles. The van der Waals surface area contributed by atoms with Crippen molar-refractivity contribution in [2.75, 3.05) is 39.1 Å². The van der Waals surface area contributed by atoms with E-state index in [1.165, 1.54) is 30.1 Å². The van der Waals surface area contributed by atoms with Crippen LogP contribution in [0.4, 0.5) is 17.6 Å². The minimum Gasteiger partial charge on any atom is -0.497 e. The van der Waals surface area contributed by atoms with Gasteiger partial charge in [0.05, 0.1) is 23.2 Å². The number of piperidine rings is 1. The Morgan fingerprint density at radius 1 is 1.16 bits per heavy atom. The maximum atomic E-state index is 15.6. The molecule has 38 heavy (non-hydrogen) atoms.